The molecule has 0 saturated heterocycles. The van der Waals surface area contributed by atoms with Gasteiger partial charge >= 0.3 is 6.18 Å². The molecule has 0 aliphatic carbocycles. The Bertz CT molecular complexity index is 647. The van der Waals surface area contributed by atoms with Gasteiger partial charge in [-0.05, 0) is 31.6 Å². The second kappa shape index (κ2) is 9.39. The minimum atomic E-state index is -4.42. The van der Waals surface area contributed by atoms with E-state index < -0.39 is 17.8 Å². The fourth-order valence-electron chi connectivity index (χ4n) is 2.63. The Morgan fingerprint density at radius 1 is 1.27 bits per heavy atom. The minimum absolute atomic E-state index is 0.131. The number of rotatable bonds is 5. The molecule has 4 nitrogen and oxygen atoms in total. The second-order valence-electron chi connectivity index (χ2n) is 6.29. The zero-order chi connectivity index (χ0) is 19.2. The van der Waals surface area contributed by atoms with Gasteiger partial charge in [-0.25, -0.2) is 0 Å². The van der Waals surface area contributed by atoms with Crippen LogP contribution in [-0.2, 0) is 0 Å². The summed E-state index contributed by atoms with van der Waals surface area (Å²) in [7, 11) is 1.81. The minimum Gasteiger partial charge on any atom is -0.340 e. The molecular formula is C18H25F3N4S. The van der Waals surface area contributed by atoms with Crippen LogP contribution in [0.3, 0.4) is 0 Å². The summed E-state index contributed by atoms with van der Waals surface area (Å²) < 4.78 is 39.3. The molecule has 1 atom stereocenters. The Morgan fingerprint density at radius 2 is 2.04 bits per heavy atom. The lowest BCUT2D eigenvalue weighted by Gasteiger charge is -2.25. The third-order valence-electron chi connectivity index (χ3n) is 3.98. The van der Waals surface area contributed by atoms with Crippen LogP contribution in [0.5, 0.6) is 0 Å². The summed E-state index contributed by atoms with van der Waals surface area (Å²) in [4.78, 5) is 15.8. The molecule has 0 bridgehead atoms. The van der Waals surface area contributed by atoms with Crippen LogP contribution in [0.1, 0.15) is 33.1 Å². The van der Waals surface area contributed by atoms with Gasteiger partial charge in [0.15, 0.2) is 0 Å². The van der Waals surface area contributed by atoms with Crippen LogP contribution in [0.15, 0.2) is 37.1 Å². The highest BCUT2D eigenvalue weighted by atomic mass is 32.2. The number of allylic oxidation sites excluding steroid dienone is 2. The van der Waals surface area contributed by atoms with Crippen molar-refractivity contribution in [2.75, 3.05) is 26.0 Å². The summed E-state index contributed by atoms with van der Waals surface area (Å²) in [5.74, 6) is 1.70. The van der Waals surface area contributed by atoms with Crippen LogP contribution in [0.25, 0.3) is 0 Å². The predicted molar refractivity (Wildman–Crippen MR) is 105 cm³/mol. The van der Waals surface area contributed by atoms with E-state index >= 15 is 0 Å². The number of likely N-dealkylation sites (N-methyl/N-ethyl adjacent to an activating group) is 1. The predicted octanol–water partition coefficient (Wildman–Crippen LogP) is 4.50. The first-order valence-corrected chi connectivity index (χ1v) is 9.75. The lowest BCUT2D eigenvalue weighted by molar-refractivity contribution is -0.0859. The summed E-state index contributed by atoms with van der Waals surface area (Å²) in [6.45, 7) is 4.61. The van der Waals surface area contributed by atoms with Crippen molar-refractivity contribution in [2.24, 2.45) is 15.0 Å². The van der Waals surface area contributed by atoms with Gasteiger partial charge in [-0.15, -0.1) is 11.8 Å². The van der Waals surface area contributed by atoms with Crippen molar-refractivity contribution in [1.82, 2.24) is 4.90 Å². The molecule has 2 aliphatic heterocycles. The third kappa shape index (κ3) is 5.72. The second-order valence-corrected chi connectivity index (χ2v) is 7.43. The van der Waals surface area contributed by atoms with Gasteiger partial charge in [0.2, 0.25) is 0 Å². The van der Waals surface area contributed by atoms with Crippen molar-refractivity contribution >= 4 is 30.0 Å². The average Bonchev–Trinajstić information content (AvgIpc) is 2.65. The highest BCUT2D eigenvalue weighted by Gasteiger charge is 2.33. The smallest absolute Gasteiger partial charge is 0.340 e. The van der Waals surface area contributed by atoms with E-state index in [0.29, 0.717) is 12.4 Å². The van der Waals surface area contributed by atoms with Crippen molar-refractivity contribution in [1.29, 1.82) is 0 Å². The van der Waals surface area contributed by atoms with E-state index in [1.807, 2.05) is 18.2 Å². The molecule has 0 aromatic heterocycles. The molecule has 0 radical (unpaired) electrons. The fourth-order valence-corrected chi connectivity index (χ4v) is 3.80. The third-order valence-corrected chi connectivity index (χ3v) is 5.14. The number of alkyl halides is 3. The fraction of sp³-hybridized carbons (Fsp3) is 0.611. The average molecular weight is 386 g/mol. The molecule has 0 N–H and O–H groups in total. The Balaban J connectivity index is 2.38. The standard InChI is InChI=1S/C18H25F3N4S/c1-4-5-8-26-16-11-22-7-6-15(16)17-24-13(2)9-14(18(19,20)21)10-23-12-25(17)3/h9-11,13H,4-8,12H2,1-3H3/b14-9+,23-10?,24-17?. The van der Waals surface area contributed by atoms with Gasteiger partial charge in [0.25, 0.3) is 0 Å². The van der Waals surface area contributed by atoms with E-state index in [0.717, 1.165) is 47.8 Å². The summed E-state index contributed by atoms with van der Waals surface area (Å²) in [6.07, 6.45) is 2.44. The number of nitrogens with zero attached hydrogens (tertiary/aromatic N) is 4. The molecule has 0 spiro atoms. The highest BCUT2D eigenvalue weighted by molar-refractivity contribution is 8.03. The number of hydrogen-bond acceptors (Lipinski definition) is 5. The molecule has 0 aromatic carbocycles. The van der Waals surface area contributed by atoms with Gasteiger partial charge in [-0.2, -0.15) is 13.2 Å². The van der Waals surface area contributed by atoms with Crippen LogP contribution >= 0.6 is 11.8 Å². The van der Waals surface area contributed by atoms with Crippen LogP contribution < -0.4 is 0 Å². The largest absolute Gasteiger partial charge is 0.417 e. The van der Waals surface area contributed by atoms with E-state index in [9.17, 15) is 13.2 Å². The summed E-state index contributed by atoms with van der Waals surface area (Å²) >= 11 is 1.74. The maximum absolute atomic E-state index is 13.1. The van der Waals surface area contributed by atoms with Crippen molar-refractivity contribution in [3.63, 3.8) is 0 Å². The van der Waals surface area contributed by atoms with Gasteiger partial charge in [0, 0.05) is 36.5 Å². The van der Waals surface area contributed by atoms with E-state index in [4.69, 9.17) is 0 Å². The molecule has 1 unspecified atom stereocenters. The van der Waals surface area contributed by atoms with Crippen molar-refractivity contribution in [2.45, 2.75) is 45.3 Å². The number of dihydropyridines is 1. The van der Waals surface area contributed by atoms with E-state index in [1.54, 1.807) is 18.7 Å². The van der Waals surface area contributed by atoms with Crippen LogP contribution in [-0.4, -0.2) is 61.4 Å². The van der Waals surface area contributed by atoms with Gasteiger partial charge in [0.05, 0.1) is 11.6 Å². The summed E-state index contributed by atoms with van der Waals surface area (Å²) in [6, 6.07) is -0.595. The number of halogens is 3. The van der Waals surface area contributed by atoms with Crippen molar-refractivity contribution < 1.29 is 13.2 Å². The maximum Gasteiger partial charge on any atom is 0.417 e. The van der Waals surface area contributed by atoms with Crippen LogP contribution in [0.4, 0.5) is 13.2 Å². The Hall–Kier alpha value is -1.57. The van der Waals surface area contributed by atoms with Gasteiger partial charge in [-0.1, -0.05) is 13.3 Å². The molecule has 0 fully saturated rings. The SMILES string of the molecule is CCCCSC1=C(C2=NC(C)/C=C(/C(F)(F)F)C=NCN2C)CCN=C1. The number of unbranched alkanes of at least 4 members (excludes halogenated alkanes) is 1. The molecule has 8 heteroatoms. The molecular weight excluding hydrogens is 361 g/mol. The molecule has 0 amide bonds. The van der Waals surface area contributed by atoms with Gasteiger partial charge in [0.1, 0.15) is 12.5 Å². The zero-order valence-electron chi connectivity index (χ0n) is 15.4. The molecule has 144 valence electrons. The first kappa shape index (κ1) is 20.7. The first-order valence-electron chi connectivity index (χ1n) is 8.76. The first-order chi connectivity index (χ1) is 12.3. The monoisotopic (exact) mass is 386 g/mol. The van der Waals surface area contributed by atoms with E-state index in [-0.39, 0.29) is 6.67 Å². The number of amidine groups is 1. The van der Waals surface area contributed by atoms with Gasteiger partial charge in [-0.3, -0.25) is 15.0 Å². The van der Waals surface area contributed by atoms with Crippen molar-refractivity contribution in [3.05, 3.63) is 22.1 Å². The molecule has 2 rings (SSSR count). The van der Waals surface area contributed by atoms with Gasteiger partial charge < -0.3 is 4.90 Å². The Labute approximate surface area is 157 Å². The van der Waals surface area contributed by atoms with Crippen molar-refractivity contribution in [3.8, 4) is 0 Å². The highest BCUT2D eigenvalue weighted by Crippen LogP contribution is 2.28. The topological polar surface area (TPSA) is 40.3 Å². The molecule has 0 aromatic rings. The Kier molecular flexibility index (Phi) is 7.49. The number of hydrogen-bond donors (Lipinski definition) is 0. The van der Waals surface area contributed by atoms with E-state index in [1.165, 1.54) is 0 Å². The van der Waals surface area contributed by atoms with Crippen LogP contribution in [0.2, 0.25) is 0 Å². The lowest BCUT2D eigenvalue weighted by Crippen LogP contribution is -2.31. The Morgan fingerprint density at radius 3 is 2.73 bits per heavy atom. The molecule has 2 aliphatic rings. The lowest BCUT2D eigenvalue weighted by atomic mass is 10.1. The summed E-state index contributed by atoms with van der Waals surface area (Å²) in [5.41, 5.74) is 0.301. The quantitative estimate of drug-likeness (QED) is 0.653. The zero-order valence-corrected chi connectivity index (χ0v) is 16.2. The number of thioether (sulfide) groups is 1. The molecule has 2 heterocycles. The number of aliphatic imine (C=N–C) groups is 3. The summed E-state index contributed by atoms with van der Waals surface area (Å²) in [5, 5.41) is 0. The molecule has 0 saturated carbocycles. The van der Waals surface area contributed by atoms with Crippen LogP contribution in [0, 0.1) is 0 Å². The maximum atomic E-state index is 13.1. The molecule has 26 heavy (non-hydrogen) atoms. The van der Waals surface area contributed by atoms with E-state index in [2.05, 4.69) is 21.9 Å². The normalized spacial score (nSPS) is 23.9.